The van der Waals surface area contributed by atoms with Crippen LogP contribution in [0.4, 0.5) is 17.6 Å². The van der Waals surface area contributed by atoms with Gasteiger partial charge in [0.05, 0.1) is 6.54 Å². The minimum atomic E-state index is -4.11. The highest BCUT2D eigenvalue weighted by molar-refractivity contribution is 5.79. The lowest BCUT2D eigenvalue weighted by molar-refractivity contribution is -0.148. The van der Waals surface area contributed by atoms with Crippen molar-refractivity contribution >= 4 is 5.96 Å². The molecule has 0 aromatic heterocycles. The number of benzene rings is 1. The predicted octanol–water partition coefficient (Wildman–Crippen LogP) is 3.16. The summed E-state index contributed by atoms with van der Waals surface area (Å²) >= 11 is 0. The molecule has 1 fully saturated rings. The van der Waals surface area contributed by atoms with E-state index in [1.807, 2.05) is 0 Å². The standard InChI is InChI=1S/C18H26F4N4/c1-23-17(25-12-15-2-4-16(19)5-3-15)24-9-6-14-7-10-26(11-8-14)13-18(20,21)22/h2-5,14H,6-13H2,1H3,(H2,23,24,25). The van der Waals surface area contributed by atoms with Crippen molar-refractivity contribution in [3.05, 3.63) is 35.6 Å². The van der Waals surface area contributed by atoms with Gasteiger partial charge in [-0.05, 0) is 56.0 Å². The maximum absolute atomic E-state index is 12.9. The fraction of sp³-hybridized carbons (Fsp3) is 0.611. The van der Waals surface area contributed by atoms with Gasteiger partial charge >= 0.3 is 6.18 Å². The number of nitrogens with zero attached hydrogens (tertiary/aromatic N) is 2. The van der Waals surface area contributed by atoms with Gasteiger partial charge in [-0.1, -0.05) is 12.1 Å². The van der Waals surface area contributed by atoms with Gasteiger partial charge in [0, 0.05) is 20.1 Å². The van der Waals surface area contributed by atoms with E-state index in [2.05, 4.69) is 15.6 Å². The number of likely N-dealkylation sites (tertiary alicyclic amines) is 1. The van der Waals surface area contributed by atoms with E-state index in [9.17, 15) is 17.6 Å². The zero-order valence-electron chi connectivity index (χ0n) is 14.9. The topological polar surface area (TPSA) is 39.7 Å². The first-order valence-corrected chi connectivity index (χ1v) is 8.84. The number of piperidine rings is 1. The molecule has 0 aliphatic carbocycles. The normalized spacial score (nSPS) is 17.3. The van der Waals surface area contributed by atoms with Crippen LogP contribution in [0.1, 0.15) is 24.8 Å². The molecule has 0 radical (unpaired) electrons. The largest absolute Gasteiger partial charge is 0.401 e. The quantitative estimate of drug-likeness (QED) is 0.457. The molecule has 8 heteroatoms. The molecule has 1 saturated heterocycles. The molecular weight excluding hydrogens is 348 g/mol. The maximum Gasteiger partial charge on any atom is 0.401 e. The highest BCUT2D eigenvalue weighted by Gasteiger charge is 2.32. The van der Waals surface area contributed by atoms with E-state index in [1.54, 1.807) is 19.2 Å². The van der Waals surface area contributed by atoms with Crippen molar-refractivity contribution in [1.82, 2.24) is 15.5 Å². The molecule has 146 valence electrons. The minimum Gasteiger partial charge on any atom is -0.356 e. The molecule has 0 saturated carbocycles. The Labute approximate surface area is 151 Å². The number of halogens is 4. The average Bonchev–Trinajstić information content (AvgIpc) is 2.59. The van der Waals surface area contributed by atoms with Crippen LogP contribution < -0.4 is 10.6 Å². The lowest BCUT2D eigenvalue weighted by atomic mass is 9.93. The fourth-order valence-electron chi connectivity index (χ4n) is 3.09. The highest BCUT2D eigenvalue weighted by atomic mass is 19.4. The monoisotopic (exact) mass is 374 g/mol. The van der Waals surface area contributed by atoms with Crippen LogP contribution in [0.15, 0.2) is 29.3 Å². The maximum atomic E-state index is 12.9. The van der Waals surface area contributed by atoms with Gasteiger partial charge in [-0.15, -0.1) is 0 Å². The summed E-state index contributed by atoms with van der Waals surface area (Å²) in [5.74, 6) is 0.823. The number of hydrogen-bond acceptors (Lipinski definition) is 2. The first-order chi connectivity index (χ1) is 12.4. The summed E-state index contributed by atoms with van der Waals surface area (Å²) in [6.07, 6.45) is -1.63. The van der Waals surface area contributed by atoms with Crippen molar-refractivity contribution < 1.29 is 17.6 Å². The number of guanidine groups is 1. The summed E-state index contributed by atoms with van der Waals surface area (Å²) in [5.41, 5.74) is 0.950. The SMILES string of the molecule is CN=C(NCCC1CCN(CC(F)(F)F)CC1)NCc1ccc(F)cc1. The van der Waals surface area contributed by atoms with Crippen LogP contribution in [0.2, 0.25) is 0 Å². The molecule has 2 N–H and O–H groups in total. The molecule has 0 atom stereocenters. The Kier molecular flexibility index (Phi) is 7.68. The van der Waals surface area contributed by atoms with E-state index in [4.69, 9.17) is 0 Å². The minimum absolute atomic E-state index is 0.266. The molecule has 1 aromatic carbocycles. The number of aliphatic imine (C=N–C) groups is 1. The summed E-state index contributed by atoms with van der Waals surface area (Å²) in [5, 5.41) is 6.38. The van der Waals surface area contributed by atoms with Gasteiger partial charge < -0.3 is 10.6 Å². The Morgan fingerprint density at radius 2 is 1.81 bits per heavy atom. The molecule has 0 unspecified atom stereocenters. The van der Waals surface area contributed by atoms with Gasteiger partial charge in [-0.3, -0.25) is 9.89 Å². The van der Waals surface area contributed by atoms with Crippen molar-refractivity contribution in [2.75, 3.05) is 33.2 Å². The van der Waals surface area contributed by atoms with Crippen LogP contribution in [0.5, 0.6) is 0 Å². The van der Waals surface area contributed by atoms with E-state index >= 15 is 0 Å². The van der Waals surface area contributed by atoms with Gasteiger partial charge in [-0.25, -0.2) is 4.39 Å². The molecule has 1 aliphatic rings. The first-order valence-electron chi connectivity index (χ1n) is 8.84. The van der Waals surface area contributed by atoms with Crippen LogP contribution in [0.3, 0.4) is 0 Å². The van der Waals surface area contributed by atoms with Gasteiger partial charge in [0.25, 0.3) is 0 Å². The van der Waals surface area contributed by atoms with Crippen LogP contribution in [-0.4, -0.2) is 50.3 Å². The van der Waals surface area contributed by atoms with E-state index < -0.39 is 12.7 Å². The summed E-state index contributed by atoms with van der Waals surface area (Å²) in [4.78, 5) is 5.62. The van der Waals surface area contributed by atoms with Crippen LogP contribution in [0.25, 0.3) is 0 Å². The Balaban J connectivity index is 1.63. The van der Waals surface area contributed by atoms with Gasteiger partial charge in [0.15, 0.2) is 5.96 Å². The summed E-state index contributed by atoms with van der Waals surface area (Å²) < 4.78 is 50.1. The van der Waals surface area contributed by atoms with Crippen LogP contribution >= 0.6 is 0 Å². The fourth-order valence-corrected chi connectivity index (χ4v) is 3.09. The number of rotatable bonds is 6. The molecule has 4 nitrogen and oxygen atoms in total. The summed E-state index contributed by atoms with van der Waals surface area (Å²) in [6, 6.07) is 6.26. The van der Waals surface area contributed by atoms with Gasteiger partial charge in [0.1, 0.15) is 5.82 Å². The van der Waals surface area contributed by atoms with E-state index in [0.717, 1.165) is 24.8 Å². The van der Waals surface area contributed by atoms with E-state index in [-0.39, 0.29) is 5.82 Å². The molecular formula is C18H26F4N4. The second-order valence-corrected chi connectivity index (χ2v) is 6.60. The lowest BCUT2D eigenvalue weighted by Gasteiger charge is -2.32. The summed E-state index contributed by atoms with van der Waals surface area (Å²) in [6.45, 7) is 1.45. The van der Waals surface area contributed by atoms with Crippen molar-refractivity contribution in [2.24, 2.45) is 10.9 Å². The molecule has 1 aliphatic heterocycles. The number of hydrogen-bond donors (Lipinski definition) is 2. The first kappa shape index (κ1) is 20.5. The highest BCUT2D eigenvalue weighted by Crippen LogP contribution is 2.23. The third-order valence-corrected chi connectivity index (χ3v) is 4.55. The van der Waals surface area contributed by atoms with Crippen molar-refractivity contribution in [3.8, 4) is 0 Å². The van der Waals surface area contributed by atoms with E-state index in [0.29, 0.717) is 38.1 Å². The van der Waals surface area contributed by atoms with Crippen molar-refractivity contribution in [2.45, 2.75) is 32.0 Å². The van der Waals surface area contributed by atoms with Crippen LogP contribution in [0, 0.1) is 11.7 Å². The molecule has 26 heavy (non-hydrogen) atoms. The van der Waals surface area contributed by atoms with E-state index in [1.165, 1.54) is 17.0 Å². The number of nitrogens with one attached hydrogen (secondary N) is 2. The third kappa shape index (κ3) is 7.59. The molecule has 0 amide bonds. The van der Waals surface area contributed by atoms with Gasteiger partial charge in [-0.2, -0.15) is 13.2 Å². The van der Waals surface area contributed by atoms with Crippen molar-refractivity contribution in [1.29, 1.82) is 0 Å². The Morgan fingerprint density at radius 1 is 1.15 bits per heavy atom. The summed E-state index contributed by atoms with van der Waals surface area (Å²) in [7, 11) is 1.68. The Morgan fingerprint density at radius 3 is 2.38 bits per heavy atom. The smallest absolute Gasteiger partial charge is 0.356 e. The van der Waals surface area contributed by atoms with Gasteiger partial charge in [0.2, 0.25) is 0 Å². The molecule has 1 heterocycles. The Hall–Kier alpha value is -1.83. The Bertz CT molecular complexity index is 564. The molecule has 0 bridgehead atoms. The zero-order chi connectivity index (χ0) is 19.0. The third-order valence-electron chi connectivity index (χ3n) is 4.55. The molecule has 0 spiro atoms. The number of alkyl halides is 3. The predicted molar refractivity (Wildman–Crippen MR) is 94.4 cm³/mol. The second kappa shape index (κ2) is 9.75. The molecule has 2 rings (SSSR count). The molecule has 1 aromatic rings. The average molecular weight is 374 g/mol. The van der Waals surface area contributed by atoms with Crippen LogP contribution in [-0.2, 0) is 6.54 Å². The lowest BCUT2D eigenvalue weighted by Crippen LogP contribution is -2.41. The van der Waals surface area contributed by atoms with Crippen molar-refractivity contribution in [3.63, 3.8) is 0 Å². The second-order valence-electron chi connectivity index (χ2n) is 6.60. The zero-order valence-corrected chi connectivity index (χ0v) is 14.9.